The Balaban J connectivity index is 1.52. The zero-order valence-electron chi connectivity index (χ0n) is 20.2. The summed E-state index contributed by atoms with van der Waals surface area (Å²) in [7, 11) is 0. The van der Waals surface area contributed by atoms with Crippen LogP contribution >= 0.6 is 0 Å². The number of carbonyl (C=O) groups excluding carboxylic acids is 3. The molecule has 3 amide bonds. The summed E-state index contributed by atoms with van der Waals surface area (Å²) in [4.78, 5) is 44.1. The first-order valence-corrected chi connectivity index (χ1v) is 12.4. The van der Waals surface area contributed by atoms with Gasteiger partial charge in [0.2, 0.25) is 17.7 Å². The first kappa shape index (κ1) is 23.6. The molecule has 0 aromatic heterocycles. The zero-order chi connectivity index (χ0) is 23.5. The molecular weight excluding hydrogens is 418 g/mol. The van der Waals surface area contributed by atoms with Crippen LogP contribution in [0.5, 0.6) is 5.75 Å². The van der Waals surface area contributed by atoms with E-state index in [1.165, 1.54) is 5.56 Å². The maximum absolute atomic E-state index is 13.9. The molecule has 2 fully saturated rings. The molecule has 1 aromatic rings. The van der Waals surface area contributed by atoms with E-state index in [1.54, 1.807) is 6.92 Å². The van der Waals surface area contributed by atoms with Gasteiger partial charge in [0, 0.05) is 58.0 Å². The van der Waals surface area contributed by atoms with Crippen molar-refractivity contribution in [3.05, 3.63) is 29.3 Å². The van der Waals surface area contributed by atoms with E-state index in [0.717, 1.165) is 50.0 Å². The molecule has 3 aliphatic rings. The van der Waals surface area contributed by atoms with Gasteiger partial charge in [-0.1, -0.05) is 26.0 Å². The summed E-state index contributed by atoms with van der Waals surface area (Å²) in [5, 5.41) is 0. The molecule has 0 aliphatic carbocycles. The Hall–Kier alpha value is -2.57. The molecule has 1 aromatic carbocycles. The van der Waals surface area contributed by atoms with Crippen molar-refractivity contribution in [2.24, 2.45) is 11.8 Å². The van der Waals surface area contributed by atoms with Gasteiger partial charge in [0.05, 0.1) is 12.5 Å². The number of benzene rings is 1. The normalized spacial score (nSPS) is 21.0. The summed E-state index contributed by atoms with van der Waals surface area (Å²) in [6, 6.07) is 6.35. The summed E-state index contributed by atoms with van der Waals surface area (Å²) >= 11 is 0. The van der Waals surface area contributed by atoms with Crippen molar-refractivity contribution in [1.29, 1.82) is 0 Å². The molecule has 3 heterocycles. The predicted octanol–water partition coefficient (Wildman–Crippen LogP) is 2.86. The van der Waals surface area contributed by atoms with E-state index < -0.39 is 0 Å². The Morgan fingerprint density at radius 3 is 2.55 bits per heavy atom. The third kappa shape index (κ3) is 5.33. The summed E-state index contributed by atoms with van der Waals surface area (Å²) in [5.74, 6) is 1.10. The summed E-state index contributed by atoms with van der Waals surface area (Å²) in [6.07, 6.45) is 4.17. The van der Waals surface area contributed by atoms with Crippen LogP contribution in [0.2, 0.25) is 0 Å². The lowest BCUT2D eigenvalue weighted by Crippen LogP contribution is -2.52. The average Bonchev–Trinajstić information content (AvgIpc) is 3.29. The second-order valence-electron chi connectivity index (χ2n) is 10.0. The van der Waals surface area contributed by atoms with Gasteiger partial charge >= 0.3 is 0 Å². The fourth-order valence-corrected chi connectivity index (χ4v) is 5.39. The van der Waals surface area contributed by atoms with E-state index >= 15 is 0 Å². The average molecular weight is 456 g/mol. The topological polar surface area (TPSA) is 70.2 Å². The first-order chi connectivity index (χ1) is 15.8. The van der Waals surface area contributed by atoms with E-state index in [2.05, 4.69) is 12.1 Å². The Morgan fingerprint density at radius 2 is 1.85 bits per heavy atom. The Labute approximate surface area is 197 Å². The number of hydrogen-bond acceptors (Lipinski definition) is 4. The molecule has 0 spiro atoms. The van der Waals surface area contributed by atoms with Crippen molar-refractivity contribution in [1.82, 2.24) is 14.7 Å². The molecule has 7 nitrogen and oxygen atoms in total. The lowest BCUT2D eigenvalue weighted by molar-refractivity contribution is -0.145. The molecule has 0 bridgehead atoms. The monoisotopic (exact) mass is 455 g/mol. The Kier molecular flexibility index (Phi) is 7.25. The fourth-order valence-electron chi connectivity index (χ4n) is 5.39. The smallest absolute Gasteiger partial charge is 0.228 e. The molecule has 33 heavy (non-hydrogen) atoms. The number of rotatable bonds is 5. The number of fused-ring (bicyclic) bond motifs is 1. The van der Waals surface area contributed by atoms with Crippen LogP contribution < -0.4 is 4.74 Å². The molecule has 180 valence electrons. The van der Waals surface area contributed by atoms with Gasteiger partial charge in [0.15, 0.2) is 0 Å². The van der Waals surface area contributed by atoms with E-state index in [1.807, 2.05) is 34.6 Å². The number of piperidine rings is 2. The quantitative estimate of drug-likeness (QED) is 0.685. The van der Waals surface area contributed by atoms with Crippen LogP contribution in [0.3, 0.4) is 0 Å². The number of nitrogens with zero attached hydrogens (tertiary/aromatic N) is 3. The van der Waals surface area contributed by atoms with Crippen molar-refractivity contribution < 1.29 is 19.1 Å². The Morgan fingerprint density at radius 1 is 1.09 bits per heavy atom. The Bertz CT molecular complexity index is 892. The van der Waals surface area contributed by atoms with Gasteiger partial charge < -0.3 is 19.4 Å². The number of carbonyl (C=O) groups is 3. The number of hydrogen-bond donors (Lipinski definition) is 0. The van der Waals surface area contributed by atoms with E-state index in [4.69, 9.17) is 4.74 Å². The van der Waals surface area contributed by atoms with Crippen molar-refractivity contribution in [2.75, 3.05) is 32.8 Å². The minimum atomic E-state index is -0.162. The lowest BCUT2D eigenvalue weighted by atomic mass is 9.93. The maximum atomic E-state index is 13.9. The zero-order valence-corrected chi connectivity index (χ0v) is 20.2. The fraction of sp³-hybridized carbons (Fsp3) is 0.654. The van der Waals surface area contributed by atoms with Crippen molar-refractivity contribution >= 4 is 17.7 Å². The highest BCUT2D eigenvalue weighted by atomic mass is 16.5. The summed E-state index contributed by atoms with van der Waals surface area (Å²) < 4.78 is 5.65. The molecule has 0 unspecified atom stereocenters. The molecule has 0 N–H and O–H groups in total. The lowest BCUT2D eigenvalue weighted by Gasteiger charge is -2.41. The van der Waals surface area contributed by atoms with Crippen LogP contribution in [0, 0.1) is 11.8 Å². The van der Waals surface area contributed by atoms with Crippen LogP contribution in [0.1, 0.15) is 57.6 Å². The minimum Gasteiger partial charge on any atom is -0.493 e. The maximum Gasteiger partial charge on any atom is 0.228 e. The number of likely N-dealkylation sites (tertiary alicyclic amines) is 2. The van der Waals surface area contributed by atoms with Crippen LogP contribution in [-0.4, -0.2) is 71.2 Å². The van der Waals surface area contributed by atoms with Crippen LogP contribution in [0.15, 0.2) is 18.2 Å². The highest BCUT2D eigenvalue weighted by Crippen LogP contribution is 2.29. The van der Waals surface area contributed by atoms with Gasteiger partial charge in [-0.05, 0) is 42.9 Å². The van der Waals surface area contributed by atoms with Gasteiger partial charge in [-0.15, -0.1) is 0 Å². The molecule has 2 saturated heterocycles. The molecular formula is C26H37N3O4. The molecule has 0 radical (unpaired) electrons. The van der Waals surface area contributed by atoms with Gasteiger partial charge in [-0.3, -0.25) is 14.4 Å². The van der Waals surface area contributed by atoms with Crippen LogP contribution in [0.4, 0.5) is 0 Å². The number of amides is 3. The molecule has 0 saturated carbocycles. The predicted molar refractivity (Wildman–Crippen MR) is 126 cm³/mol. The molecule has 1 atom stereocenters. The number of ether oxygens (including phenoxy) is 1. The first-order valence-electron chi connectivity index (χ1n) is 12.4. The molecule has 7 heteroatoms. The summed E-state index contributed by atoms with van der Waals surface area (Å²) in [5.41, 5.74) is 2.32. The summed E-state index contributed by atoms with van der Waals surface area (Å²) in [6.45, 7) is 9.34. The third-order valence-electron chi connectivity index (χ3n) is 7.32. The second-order valence-corrected chi connectivity index (χ2v) is 10.0. The van der Waals surface area contributed by atoms with Crippen molar-refractivity contribution in [3.8, 4) is 5.75 Å². The molecule has 3 aliphatic heterocycles. The SMILES string of the molecule is CC(=O)N1CCC(N(Cc2ccc3c(c2)CCO3)C(=O)[C@@H]2CCCN(C(=O)C(C)C)C2)CC1. The highest BCUT2D eigenvalue weighted by molar-refractivity contribution is 5.82. The van der Waals surface area contributed by atoms with Crippen LogP contribution in [0.25, 0.3) is 0 Å². The van der Waals surface area contributed by atoms with Crippen molar-refractivity contribution in [3.63, 3.8) is 0 Å². The second kappa shape index (κ2) is 10.1. The third-order valence-corrected chi connectivity index (χ3v) is 7.32. The molecule has 4 rings (SSSR count). The van der Waals surface area contributed by atoms with E-state index in [9.17, 15) is 14.4 Å². The largest absolute Gasteiger partial charge is 0.493 e. The minimum absolute atomic E-state index is 0.0560. The van der Waals surface area contributed by atoms with Gasteiger partial charge in [-0.2, -0.15) is 0 Å². The van der Waals surface area contributed by atoms with Gasteiger partial charge in [-0.25, -0.2) is 0 Å². The van der Waals surface area contributed by atoms with E-state index in [-0.39, 0.29) is 35.6 Å². The van der Waals surface area contributed by atoms with E-state index in [0.29, 0.717) is 32.8 Å². The van der Waals surface area contributed by atoms with Crippen molar-refractivity contribution in [2.45, 2.75) is 65.5 Å². The highest BCUT2D eigenvalue weighted by Gasteiger charge is 2.36. The van der Waals surface area contributed by atoms with Gasteiger partial charge in [0.25, 0.3) is 0 Å². The van der Waals surface area contributed by atoms with Crippen LogP contribution in [-0.2, 0) is 27.3 Å². The standard InChI is InChI=1S/C26H37N3O4/c1-18(2)25(31)28-11-4-5-22(17-28)26(32)29(23-8-12-27(13-9-23)19(3)30)16-20-6-7-24-21(15-20)10-14-33-24/h6-7,15,18,22-23H,4-5,8-14,16-17H2,1-3H3/t22-/m1/s1. The van der Waals surface area contributed by atoms with Gasteiger partial charge in [0.1, 0.15) is 5.75 Å².